The summed E-state index contributed by atoms with van der Waals surface area (Å²) in [6, 6.07) is 16.0. The number of benzene rings is 2. The van der Waals surface area contributed by atoms with Crippen LogP contribution in [-0.2, 0) is 5.41 Å². The summed E-state index contributed by atoms with van der Waals surface area (Å²) in [5.74, 6) is 1.37. The van der Waals surface area contributed by atoms with Crippen molar-refractivity contribution >= 4 is 10.9 Å². The molecule has 0 aliphatic carbocycles. The van der Waals surface area contributed by atoms with Crippen LogP contribution in [0.5, 0.6) is 11.6 Å². The molecule has 0 atom stereocenters. The van der Waals surface area contributed by atoms with Crippen LogP contribution >= 0.6 is 0 Å². The maximum absolute atomic E-state index is 5.91. The summed E-state index contributed by atoms with van der Waals surface area (Å²) in [4.78, 5) is 8.48. The molecule has 2 aromatic carbocycles. The minimum Gasteiger partial charge on any atom is -0.438 e. The van der Waals surface area contributed by atoms with E-state index in [1.807, 2.05) is 36.4 Å². The normalized spacial score (nSPS) is 11.6. The molecule has 0 fully saturated rings. The number of nitrogens with zero attached hydrogens (tertiary/aromatic N) is 2. The fourth-order valence-electron chi connectivity index (χ4n) is 2.20. The molecule has 106 valence electrons. The van der Waals surface area contributed by atoms with Crippen LogP contribution in [0, 0.1) is 0 Å². The average molecular weight is 278 g/mol. The monoisotopic (exact) mass is 278 g/mol. The number of hydrogen-bond acceptors (Lipinski definition) is 3. The van der Waals surface area contributed by atoms with Gasteiger partial charge in [-0.15, -0.1) is 0 Å². The zero-order valence-electron chi connectivity index (χ0n) is 12.5. The van der Waals surface area contributed by atoms with Crippen LogP contribution in [-0.4, -0.2) is 9.97 Å². The fraction of sp³-hybridized carbons (Fsp3) is 0.222. The van der Waals surface area contributed by atoms with Crippen LogP contribution in [0.3, 0.4) is 0 Å². The first kappa shape index (κ1) is 13.6. The second-order valence-electron chi connectivity index (χ2n) is 6.07. The van der Waals surface area contributed by atoms with Gasteiger partial charge in [0.25, 0.3) is 0 Å². The number of fused-ring (bicyclic) bond motifs is 1. The highest BCUT2D eigenvalue weighted by molar-refractivity contribution is 5.83. The zero-order valence-corrected chi connectivity index (χ0v) is 12.5. The largest absolute Gasteiger partial charge is 0.438 e. The van der Waals surface area contributed by atoms with Gasteiger partial charge in [0.05, 0.1) is 10.9 Å². The molecule has 3 aromatic rings. The van der Waals surface area contributed by atoms with Gasteiger partial charge in [-0.2, -0.15) is 0 Å². The maximum atomic E-state index is 5.91. The van der Waals surface area contributed by atoms with Crippen molar-refractivity contribution in [2.75, 3.05) is 0 Å². The van der Waals surface area contributed by atoms with Gasteiger partial charge in [-0.1, -0.05) is 45.0 Å². The minimum absolute atomic E-state index is 0.139. The third-order valence-electron chi connectivity index (χ3n) is 3.44. The van der Waals surface area contributed by atoms with Crippen molar-refractivity contribution in [1.82, 2.24) is 9.97 Å². The van der Waals surface area contributed by atoms with E-state index in [0.717, 1.165) is 16.7 Å². The number of rotatable bonds is 2. The average Bonchev–Trinajstić information content (AvgIpc) is 2.47. The third kappa shape index (κ3) is 2.87. The van der Waals surface area contributed by atoms with Gasteiger partial charge in [0.15, 0.2) is 0 Å². The Kier molecular flexibility index (Phi) is 3.34. The lowest BCUT2D eigenvalue weighted by Crippen LogP contribution is -2.10. The van der Waals surface area contributed by atoms with Gasteiger partial charge in [-0.05, 0) is 35.2 Å². The van der Waals surface area contributed by atoms with E-state index in [1.165, 1.54) is 11.9 Å². The minimum atomic E-state index is 0.139. The van der Waals surface area contributed by atoms with E-state index in [1.54, 1.807) is 0 Å². The molecule has 0 bridgehead atoms. The first-order chi connectivity index (χ1) is 10.0. The fourth-order valence-corrected chi connectivity index (χ4v) is 2.20. The SMILES string of the molecule is CC(C)(C)c1ccc(Oc2ncnc3ccccc23)cc1. The van der Waals surface area contributed by atoms with E-state index in [0.29, 0.717) is 5.88 Å². The summed E-state index contributed by atoms with van der Waals surface area (Å²) in [5.41, 5.74) is 2.30. The van der Waals surface area contributed by atoms with Gasteiger partial charge in [0.2, 0.25) is 5.88 Å². The molecule has 1 heterocycles. The molecule has 0 amide bonds. The van der Waals surface area contributed by atoms with Crippen molar-refractivity contribution in [1.29, 1.82) is 0 Å². The first-order valence-electron chi connectivity index (χ1n) is 7.02. The molecular formula is C18H18N2O. The molecule has 0 spiro atoms. The van der Waals surface area contributed by atoms with Crippen molar-refractivity contribution < 1.29 is 4.74 Å². The van der Waals surface area contributed by atoms with Gasteiger partial charge in [-0.25, -0.2) is 9.97 Å². The highest BCUT2D eigenvalue weighted by Crippen LogP contribution is 2.28. The lowest BCUT2D eigenvalue weighted by Gasteiger charge is -2.19. The lowest BCUT2D eigenvalue weighted by atomic mass is 9.87. The highest BCUT2D eigenvalue weighted by Gasteiger charge is 2.13. The van der Waals surface area contributed by atoms with E-state index in [4.69, 9.17) is 4.74 Å². The first-order valence-corrected chi connectivity index (χ1v) is 7.02. The molecule has 0 saturated carbocycles. The predicted octanol–water partition coefficient (Wildman–Crippen LogP) is 4.72. The molecule has 3 heteroatoms. The predicted molar refractivity (Wildman–Crippen MR) is 84.8 cm³/mol. The Morgan fingerprint density at radius 2 is 1.57 bits per heavy atom. The van der Waals surface area contributed by atoms with E-state index in [2.05, 4.69) is 42.9 Å². The second kappa shape index (κ2) is 5.17. The van der Waals surface area contributed by atoms with Crippen molar-refractivity contribution in [3.05, 3.63) is 60.4 Å². The highest BCUT2D eigenvalue weighted by atomic mass is 16.5. The molecule has 0 unspecified atom stereocenters. The van der Waals surface area contributed by atoms with E-state index < -0.39 is 0 Å². The van der Waals surface area contributed by atoms with Crippen LogP contribution in [0.15, 0.2) is 54.9 Å². The van der Waals surface area contributed by atoms with Gasteiger partial charge >= 0.3 is 0 Å². The summed E-state index contributed by atoms with van der Waals surface area (Å²) in [6.45, 7) is 6.59. The molecular weight excluding hydrogens is 260 g/mol. The molecule has 0 saturated heterocycles. The Hall–Kier alpha value is -2.42. The molecule has 0 aliphatic rings. The molecule has 0 N–H and O–H groups in total. The Morgan fingerprint density at radius 3 is 2.29 bits per heavy atom. The van der Waals surface area contributed by atoms with Crippen LogP contribution in [0.25, 0.3) is 10.9 Å². The van der Waals surface area contributed by atoms with Crippen molar-refractivity contribution in [2.24, 2.45) is 0 Å². The molecule has 3 nitrogen and oxygen atoms in total. The van der Waals surface area contributed by atoms with Crippen LogP contribution < -0.4 is 4.74 Å². The number of para-hydroxylation sites is 1. The van der Waals surface area contributed by atoms with Gasteiger partial charge in [-0.3, -0.25) is 0 Å². The summed E-state index contributed by atoms with van der Waals surface area (Å²) in [5, 5.41) is 0.917. The Labute approximate surface area is 124 Å². The lowest BCUT2D eigenvalue weighted by molar-refractivity contribution is 0.467. The van der Waals surface area contributed by atoms with Crippen LogP contribution in [0.2, 0.25) is 0 Å². The molecule has 0 radical (unpaired) electrons. The summed E-state index contributed by atoms with van der Waals surface area (Å²) < 4.78 is 5.91. The van der Waals surface area contributed by atoms with Crippen molar-refractivity contribution in [2.45, 2.75) is 26.2 Å². The molecule has 21 heavy (non-hydrogen) atoms. The molecule has 0 aliphatic heterocycles. The van der Waals surface area contributed by atoms with Gasteiger partial charge < -0.3 is 4.74 Å². The Balaban J connectivity index is 1.92. The number of hydrogen-bond donors (Lipinski definition) is 0. The summed E-state index contributed by atoms with van der Waals surface area (Å²) >= 11 is 0. The smallest absolute Gasteiger partial charge is 0.230 e. The van der Waals surface area contributed by atoms with Crippen LogP contribution in [0.4, 0.5) is 0 Å². The van der Waals surface area contributed by atoms with Crippen molar-refractivity contribution in [3.63, 3.8) is 0 Å². The second-order valence-corrected chi connectivity index (χ2v) is 6.07. The Bertz CT molecular complexity index is 753. The number of ether oxygens (including phenoxy) is 1. The maximum Gasteiger partial charge on any atom is 0.230 e. The van der Waals surface area contributed by atoms with Crippen molar-refractivity contribution in [3.8, 4) is 11.6 Å². The quantitative estimate of drug-likeness (QED) is 0.680. The zero-order chi connectivity index (χ0) is 14.9. The summed E-state index contributed by atoms with van der Waals surface area (Å²) in [7, 11) is 0. The van der Waals surface area contributed by atoms with Gasteiger partial charge in [0, 0.05) is 0 Å². The van der Waals surface area contributed by atoms with Crippen LogP contribution in [0.1, 0.15) is 26.3 Å². The topological polar surface area (TPSA) is 35.0 Å². The van der Waals surface area contributed by atoms with E-state index >= 15 is 0 Å². The Morgan fingerprint density at radius 1 is 0.857 bits per heavy atom. The summed E-state index contributed by atoms with van der Waals surface area (Å²) in [6.07, 6.45) is 1.53. The third-order valence-corrected chi connectivity index (χ3v) is 3.44. The van der Waals surface area contributed by atoms with E-state index in [-0.39, 0.29) is 5.41 Å². The van der Waals surface area contributed by atoms with Gasteiger partial charge in [0.1, 0.15) is 12.1 Å². The molecule has 3 rings (SSSR count). The standard InChI is InChI=1S/C18H18N2O/c1-18(2,3)13-8-10-14(11-9-13)21-17-15-6-4-5-7-16(15)19-12-20-17/h4-12H,1-3H3. The molecule has 1 aromatic heterocycles. The number of aromatic nitrogens is 2. The van der Waals surface area contributed by atoms with E-state index in [9.17, 15) is 0 Å².